The smallest absolute Gasteiger partial charge is 0.319 e. The van der Waals surface area contributed by atoms with Crippen LogP contribution in [0.5, 0.6) is 0 Å². The highest BCUT2D eigenvalue weighted by Gasteiger charge is 2.21. The van der Waals surface area contributed by atoms with Crippen LogP contribution in [0, 0.1) is 0 Å². The number of anilines is 1. The van der Waals surface area contributed by atoms with Gasteiger partial charge in [0.15, 0.2) is 0 Å². The number of ether oxygens (including phenoxy) is 1. The molecule has 2 rings (SSSR count). The van der Waals surface area contributed by atoms with Crippen molar-refractivity contribution in [3.63, 3.8) is 0 Å². The number of hydrogen-bond acceptors (Lipinski definition) is 4. The summed E-state index contributed by atoms with van der Waals surface area (Å²) < 4.78 is 6.64. The van der Waals surface area contributed by atoms with E-state index in [4.69, 9.17) is 4.74 Å². The van der Waals surface area contributed by atoms with Crippen LogP contribution in [0.2, 0.25) is 0 Å². The Morgan fingerprint density at radius 3 is 2.87 bits per heavy atom. The maximum absolute atomic E-state index is 12.0. The fourth-order valence-electron chi connectivity index (χ4n) is 2.56. The van der Waals surface area contributed by atoms with E-state index in [0.717, 1.165) is 25.7 Å². The van der Waals surface area contributed by atoms with E-state index in [9.17, 15) is 9.59 Å². The lowest BCUT2D eigenvalue weighted by atomic mass is 10.2. The maximum Gasteiger partial charge on any atom is 0.319 e. The van der Waals surface area contributed by atoms with Gasteiger partial charge in [0.1, 0.15) is 6.04 Å². The average molecular weight is 323 g/mol. The maximum atomic E-state index is 12.0. The quantitative estimate of drug-likeness (QED) is 0.700. The summed E-state index contributed by atoms with van der Waals surface area (Å²) in [4.78, 5) is 23.9. The minimum Gasteiger partial charge on any atom is -0.383 e. The first kappa shape index (κ1) is 17.3. The fourth-order valence-corrected chi connectivity index (χ4v) is 2.56. The molecule has 0 spiro atoms. The van der Waals surface area contributed by atoms with Crippen molar-refractivity contribution in [2.75, 3.05) is 19.0 Å². The highest BCUT2D eigenvalue weighted by molar-refractivity contribution is 5.93. The number of amides is 3. The number of methoxy groups -OCH3 is 1. The van der Waals surface area contributed by atoms with Crippen LogP contribution in [0.1, 0.15) is 32.6 Å². The molecule has 8 heteroatoms. The standard InChI is InChI=1S/C15H25N5O3/c1-11(14(21)18-12-5-3-4-6-12)17-15(22)19-13-9-16-20(10-13)7-8-23-2/h9-12H,3-8H2,1-2H3,(H,18,21)(H2,17,19,22)/t11-/m0/s1. The van der Waals surface area contributed by atoms with E-state index >= 15 is 0 Å². The molecule has 0 radical (unpaired) electrons. The van der Waals surface area contributed by atoms with Crippen molar-refractivity contribution in [2.45, 2.75) is 51.2 Å². The van der Waals surface area contributed by atoms with E-state index < -0.39 is 12.1 Å². The van der Waals surface area contributed by atoms with E-state index in [0.29, 0.717) is 18.8 Å². The highest BCUT2D eigenvalue weighted by Crippen LogP contribution is 2.17. The molecule has 8 nitrogen and oxygen atoms in total. The number of nitrogens with one attached hydrogen (secondary N) is 3. The second-order valence-corrected chi connectivity index (χ2v) is 5.80. The van der Waals surface area contributed by atoms with E-state index in [1.54, 1.807) is 31.1 Å². The third kappa shape index (κ3) is 5.55. The molecule has 1 aliphatic carbocycles. The van der Waals surface area contributed by atoms with Crippen LogP contribution in [0.4, 0.5) is 10.5 Å². The Morgan fingerprint density at radius 1 is 1.43 bits per heavy atom. The molecule has 1 saturated carbocycles. The minimum absolute atomic E-state index is 0.150. The Balaban J connectivity index is 1.74. The largest absolute Gasteiger partial charge is 0.383 e. The number of hydrogen-bond donors (Lipinski definition) is 3. The summed E-state index contributed by atoms with van der Waals surface area (Å²) >= 11 is 0. The van der Waals surface area contributed by atoms with E-state index in [2.05, 4.69) is 21.0 Å². The van der Waals surface area contributed by atoms with Crippen LogP contribution in [-0.4, -0.2) is 47.5 Å². The molecule has 1 aromatic rings. The first-order chi connectivity index (χ1) is 11.1. The topological polar surface area (TPSA) is 97.3 Å². The highest BCUT2D eigenvalue weighted by atomic mass is 16.5. The molecule has 1 aromatic heterocycles. The SMILES string of the molecule is COCCn1cc(NC(=O)N[C@@H](C)C(=O)NC2CCCC2)cn1. The van der Waals surface area contributed by atoms with E-state index in [-0.39, 0.29) is 11.9 Å². The monoisotopic (exact) mass is 323 g/mol. The van der Waals surface area contributed by atoms with Gasteiger partial charge in [0, 0.05) is 19.3 Å². The molecule has 3 amide bonds. The minimum atomic E-state index is -0.584. The molecule has 0 bridgehead atoms. The van der Waals surface area contributed by atoms with Gasteiger partial charge in [0.05, 0.1) is 25.0 Å². The molecular weight excluding hydrogens is 298 g/mol. The normalized spacial score (nSPS) is 16.1. The van der Waals surface area contributed by atoms with Crippen LogP contribution in [-0.2, 0) is 16.1 Å². The second kappa shape index (κ2) is 8.52. The summed E-state index contributed by atoms with van der Waals surface area (Å²) in [7, 11) is 1.62. The summed E-state index contributed by atoms with van der Waals surface area (Å²) in [6.07, 6.45) is 7.61. The molecule has 1 aliphatic rings. The Labute approximate surface area is 135 Å². The first-order valence-corrected chi connectivity index (χ1v) is 7.98. The zero-order valence-electron chi connectivity index (χ0n) is 13.7. The molecule has 1 atom stereocenters. The van der Waals surface area contributed by atoms with Crippen LogP contribution in [0.25, 0.3) is 0 Å². The summed E-state index contributed by atoms with van der Waals surface area (Å²) in [5, 5.41) is 12.4. The Hall–Kier alpha value is -2.09. The van der Waals surface area contributed by atoms with Crippen molar-refractivity contribution in [3.8, 4) is 0 Å². The van der Waals surface area contributed by atoms with Crippen LogP contribution in [0.15, 0.2) is 12.4 Å². The molecule has 3 N–H and O–H groups in total. The van der Waals surface area contributed by atoms with Crippen molar-refractivity contribution in [3.05, 3.63) is 12.4 Å². The van der Waals surface area contributed by atoms with Gasteiger partial charge in [-0.1, -0.05) is 12.8 Å². The predicted molar refractivity (Wildman–Crippen MR) is 86.1 cm³/mol. The summed E-state index contributed by atoms with van der Waals surface area (Å²) in [5.41, 5.74) is 0.571. The van der Waals surface area contributed by atoms with Gasteiger partial charge >= 0.3 is 6.03 Å². The second-order valence-electron chi connectivity index (χ2n) is 5.80. The van der Waals surface area contributed by atoms with Gasteiger partial charge in [-0.25, -0.2) is 4.79 Å². The zero-order chi connectivity index (χ0) is 16.7. The molecular formula is C15H25N5O3. The molecule has 1 fully saturated rings. The molecule has 128 valence electrons. The van der Waals surface area contributed by atoms with E-state index in [1.807, 2.05) is 0 Å². The van der Waals surface area contributed by atoms with Gasteiger partial charge in [-0.05, 0) is 19.8 Å². The molecule has 0 aliphatic heterocycles. The lowest BCUT2D eigenvalue weighted by Gasteiger charge is -2.17. The van der Waals surface area contributed by atoms with Crippen molar-refractivity contribution >= 4 is 17.6 Å². The van der Waals surface area contributed by atoms with Crippen LogP contribution >= 0.6 is 0 Å². The van der Waals surface area contributed by atoms with Gasteiger partial charge < -0.3 is 20.7 Å². The van der Waals surface area contributed by atoms with Crippen molar-refractivity contribution < 1.29 is 14.3 Å². The zero-order valence-corrected chi connectivity index (χ0v) is 13.7. The van der Waals surface area contributed by atoms with Crippen LogP contribution < -0.4 is 16.0 Å². The van der Waals surface area contributed by atoms with Crippen molar-refractivity contribution in [1.29, 1.82) is 0 Å². The average Bonchev–Trinajstić information content (AvgIpc) is 3.16. The third-order valence-corrected chi connectivity index (χ3v) is 3.86. The Kier molecular flexibility index (Phi) is 6.40. The molecule has 1 heterocycles. The predicted octanol–water partition coefficient (Wildman–Crippen LogP) is 1.10. The first-order valence-electron chi connectivity index (χ1n) is 7.98. The van der Waals surface area contributed by atoms with Crippen molar-refractivity contribution in [1.82, 2.24) is 20.4 Å². The lowest BCUT2D eigenvalue weighted by Crippen LogP contribution is -2.48. The number of rotatable bonds is 7. The molecule has 0 unspecified atom stereocenters. The van der Waals surface area contributed by atoms with Gasteiger partial charge in [0.2, 0.25) is 5.91 Å². The van der Waals surface area contributed by atoms with Gasteiger partial charge in [-0.15, -0.1) is 0 Å². The number of carbonyl (C=O) groups excluding carboxylic acids is 2. The summed E-state index contributed by atoms with van der Waals surface area (Å²) in [5.74, 6) is -0.150. The molecule has 23 heavy (non-hydrogen) atoms. The van der Waals surface area contributed by atoms with Crippen LogP contribution in [0.3, 0.4) is 0 Å². The van der Waals surface area contributed by atoms with Gasteiger partial charge in [-0.2, -0.15) is 5.10 Å². The van der Waals surface area contributed by atoms with Gasteiger partial charge in [-0.3, -0.25) is 9.48 Å². The lowest BCUT2D eigenvalue weighted by molar-refractivity contribution is -0.123. The fraction of sp³-hybridized carbons (Fsp3) is 0.667. The molecule has 0 saturated heterocycles. The third-order valence-electron chi connectivity index (χ3n) is 3.86. The van der Waals surface area contributed by atoms with Gasteiger partial charge in [0.25, 0.3) is 0 Å². The number of nitrogens with zero attached hydrogens (tertiary/aromatic N) is 2. The summed E-state index contributed by atoms with van der Waals surface area (Å²) in [6, 6.07) is -0.765. The summed E-state index contributed by atoms with van der Waals surface area (Å²) in [6.45, 7) is 2.83. The number of carbonyl (C=O) groups is 2. The Bertz CT molecular complexity index is 525. The van der Waals surface area contributed by atoms with E-state index in [1.165, 1.54) is 0 Å². The number of urea groups is 1. The number of aromatic nitrogens is 2. The Morgan fingerprint density at radius 2 is 2.17 bits per heavy atom. The van der Waals surface area contributed by atoms with Crippen molar-refractivity contribution in [2.24, 2.45) is 0 Å². The molecule has 0 aromatic carbocycles.